The maximum atomic E-state index is 9.05. The van der Waals surface area contributed by atoms with Gasteiger partial charge in [-0.05, 0) is 24.1 Å². The zero-order valence-corrected chi connectivity index (χ0v) is 11.8. The third-order valence-corrected chi connectivity index (χ3v) is 3.21. The van der Waals surface area contributed by atoms with Crippen molar-refractivity contribution >= 4 is 26.4 Å². The molecule has 2 aromatic carbocycles. The normalized spacial score (nSPS) is 14.1. The summed E-state index contributed by atoms with van der Waals surface area (Å²) in [6.45, 7) is 0. The van der Waals surface area contributed by atoms with Crippen molar-refractivity contribution < 1.29 is 19.4 Å². The lowest BCUT2D eigenvalue weighted by Crippen LogP contribution is -2.21. The van der Waals surface area contributed by atoms with Crippen molar-refractivity contribution in [1.29, 1.82) is 0 Å². The van der Waals surface area contributed by atoms with Crippen molar-refractivity contribution in [3.63, 3.8) is 0 Å². The molecule has 2 heterocycles. The van der Waals surface area contributed by atoms with E-state index in [0.29, 0.717) is 0 Å². The molecule has 0 saturated carbocycles. The smallest absolute Gasteiger partial charge is 0.532 e. The maximum Gasteiger partial charge on any atom is 0.552 e. The minimum atomic E-state index is -0.787. The van der Waals surface area contributed by atoms with E-state index in [1.807, 2.05) is 60.7 Å². The third-order valence-electron chi connectivity index (χ3n) is 3.21. The van der Waals surface area contributed by atoms with Crippen LogP contribution < -0.4 is 9.31 Å². The first-order chi connectivity index (χ1) is 10.7. The van der Waals surface area contributed by atoms with Gasteiger partial charge in [-0.15, -0.1) is 0 Å². The summed E-state index contributed by atoms with van der Waals surface area (Å²) in [5.41, 5.74) is 2.02. The molecule has 2 aliphatic heterocycles. The van der Waals surface area contributed by atoms with Crippen molar-refractivity contribution in [3.05, 3.63) is 71.6 Å². The topological polar surface area (TPSA) is 58.9 Å². The minimum Gasteiger partial charge on any atom is -0.532 e. The molecule has 0 aliphatic carbocycles. The summed E-state index contributed by atoms with van der Waals surface area (Å²) < 4.78 is 10.2. The first-order valence-corrected chi connectivity index (χ1v) is 6.96. The summed E-state index contributed by atoms with van der Waals surface area (Å²) in [6, 6.07) is 15.2. The molecule has 2 N–H and O–H groups in total. The van der Waals surface area contributed by atoms with Gasteiger partial charge in [0, 0.05) is 11.1 Å². The van der Waals surface area contributed by atoms with Crippen molar-refractivity contribution in [2.45, 2.75) is 0 Å². The molecule has 0 amide bonds. The van der Waals surface area contributed by atoms with Crippen molar-refractivity contribution in [2.75, 3.05) is 0 Å². The standard InChI is InChI=1S/2C8H7BO2/c2*10-9-6-5-7-3-1-2-4-8(7)11-9/h2*1-6,10H. The average molecular weight is 292 g/mol. The zero-order chi connectivity index (χ0) is 15.4. The predicted molar refractivity (Wildman–Crippen MR) is 88.2 cm³/mol. The second-order valence-electron chi connectivity index (χ2n) is 4.81. The van der Waals surface area contributed by atoms with E-state index >= 15 is 0 Å². The van der Waals surface area contributed by atoms with Crippen LogP contribution in [0.15, 0.2) is 60.5 Å². The highest BCUT2D eigenvalue weighted by Crippen LogP contribution is 2.23. The Morgan fingerprint density at radius 1 is 0.636 bits per heavy atom. The summed E-state index contributed by atoms with van der Waals surface area (Å²) in [6.07, 6.45) is 3.70. The van der Waals surface area contributed by atoms with Gasteiger partial charge in [-0.3, -0.25) is 0 Å². The van der Waals surface area contributed by atoms with Crippen LogP contribution in [-0.4, -0.2) is 24.3 Å². The molecule has 0 saturated heterocycles. The fraction of sp³-hybridized carbons (Fsp3) is 0. The summed E-state index contributed by atoms with van der Waals surface area (Å²) in [7, 11) is -1.57. The van der Waals surface area contributed by atoms with Gasteiger partial charge in [0.1, 0.15) is 11.5 Å². The van der Waals surface area contributed by atoms with E-state index in [9.17, 15) is 0 Å². The Morgan fingerprint density at radius 2 is 1.05 bits per heavy atom. The van der Waals surface area contributed by atoms with Gasteiger partial charge in [-0.25, -0.2) is 0 Å². The molecule has 4 nitrogen and oxygen atoms in total. The van der Waals surface area contributed by atoms with Gasteiger partial charge in [0.05, 0.1) is 0 Å². The van der Waals surface area contributed by atoms with Gasteiger partial charge in [0.2, 0.25) is 0 Å². The largest absolute Gasteiger partial charge is 0.552 e. The summed E-state index contributed by atoms with van der Waals surface area (Å²) in [5.74, 6) is 4.70. The van der Waals surface area contributed by atoms with Crippen molar-refractivity contribution in [3.8, 4) is 11.5 Å². The fourth-order valence-corrected chi connectivity index (χ4v) is 2.16. The van der Waals surface area contributed by atoms with E-state index in [0.717, 1.165) is 22.6 Å². The van der Waals surface area contributed by atoms with Gasteiger partial charge in [-0.1, -0.05) is 48.6 Å². The monoisotopic (exact) mass is 292 g/mol. The summed E-state index contributed by atoms with van der Waals surface area (Å²) in [4.78, 5) is 0. The Labute approximate surface area is 129 Å². The maximum absolute atomic E-state index is 9.05. The third kappa shape index (κ3) is 3.42. The van der Waals surface area contributed by atoms with E-state index in [1.54, 1.807) is 12.0 Å². The van der Waals surface area contributed by atoms with Crippen LogP contribution in [0.1, 0.15) is 11.1 Å². The Kier molecular flexibility index (Phi) is 4.32. The van der Waals surface area contributed by atoms with Crippen LogP contribution in [-0.2, 0) is 0 Å². The number of fused-ring (bicyclic) bond motifs is 2. The van der Waals surface area contributed by atoms with E-state index < -0.39 is 14.2 Å². The van der Waals surface area contributed by atoms with Crippen LogP contribution in [0.25, 0.3) is 12.2 Å². The van der Waals surface area contributed by atoms with Gasteiger partial charge in [0.15, 0.2) is 0 Å². The molecule has 2 aromatic rings. The second kappa shape index (κ2) is 6.56. The molecule has 22 heavy (non-hydrogen) atoms. The molecular weight excluding hydrogens is 278 g/mol. The minimum absolute atomic E-state index is 0.738. The van der Waals surface area contributed by atoms with Crippen LogP contribution in [0.4, 0.5) is 0 Å². The van der Waals surface area contributed by atoms with E-state index in [2.05, 4.69) is 0 Å². The molecule has 0 aromatic heterocycles. The molecule has 0 spiro atoms. The SMILES string of the molecule is OB1C=Cc2ccccc2O1.OB1C=Cc2ccccc2O1. The summed E-state index contributed by atoms with van der Waals surface area (Å²) in [5, 5.41) is 18.1. The molecule has 0 fully saturated rings. The number of para-hydroxylation sites is 2. The number of hydrogen-bond donors (Lipinski definition) is 2. The van der Waals surface area contributed by atoms with Gasteiger partial charge in [0.25, 0.3) is 0 Å². The van der Waals surface area contributed by atoms with Crippen molar-refractivity contribution in [2.24, 2.45) is 0 Å². The molecule has 0 atom stereocenters. The van der Waals surface area contributed by atoms with E-state index in [-0.39, 0.29) is 0 Å². The van der Waals surface area contributed by atoms with Crippen LogP contribution in [0, 0.1) is 0 Å². The quantitative estimate of drug-likeness (QED) is 0.731. The fourth-order valence-electron chi connectivity index (χ4n) is 2.16. The first-order valence-electron chi connectivity index (χ1n) is 6.96. The van der Waals surface area contributed by atoms with Crippen LogP contribution in [0.5, 0.6) is 11.5 Å². The van der Waals surface area contributed by atoms with Crippen LogP contribution in [0.3, 0.4) is 0 Å². The molecular formula is C16H14B2O4. The lowest BCUT2D eigenvalue weighted by molar-refractivity contribution is 0.427. The van der Waals surface area contributed by atoms with Crippen LogP contribution >= 0.6 is 0 Å². The van der Waals surface area contributed by atoms with Gasteiger partial charge in [-0.2, -0.15) is 0 Å². The first kappa shape index (κ1) is 14.5. The number of rotatable bonds is 0. The second-order valence-corrected chi connectivity index (χ2v) is 4.81. The lowest BCUT2D eigenvalue weighted by Gasteiger charge is -2.13. The highest BCUT2D eigenvalue weighted by Gasteiger charge is 2.17. The van der Waals surface area contributed by atoms with E-state index in [4.69, 9.17) is 19.4 Å². The van der Waals surface area contributed by atoms with Crippen LogP contribution in [0.2, 0.25) is 0 Å². The molecule has 108 valence electrons. The van der Waals surface area contributed by atoms with Crippen molar-refractivity contribution in [1.82, 2.24) is 0 Å². The number of benzene rings is 2. The molecule has 0 bridgehead atoms. The average Bonchev–Trinajstić information content (AvgIpc) is 2.55. The molecule has 0 radical (unpaired) electrons. The molecule has 6 heteroatoms. The molecule has 4 rings (SSSR count). The predicted octanol–water partition coefficient (Wildman–Crippen LogP) is 2.22. The van der Waals surface area contributed by atoms with Gasteiger partial charge < -0.3 is 19.4 Å². The Morgan fingerprint density at radius 3 is 1.50 bits per heavy atom. The molecule has 0 unspecified atom stereocenters. The highest BCUT2D eigenvalue weighted by molar-refractivity contribution is 6.52. The zero-order valence-electron chi connectivity index (χ0n) is 11.8. The Balaban J connectivity index is 0.000000131. The van der Waals surface area contributed by atoms with Gasteiger partial charge >= 0.3 is 14.2 Å². The lowest BCUT2D eigenvalue weighted by atomic mass is 9.86. The Bertz CT molecular complexity index is 653. The van der Waals surface area contributed by atoms with E-state index in [1.165, 1.54) is 0 Å². The summed E-state index contributed by atoms with van der Waals surface area (Å²) >= 11 is 0. The molecule has 2 aliphatic rings. The highest BCUT2D eigenvalue weighted by atomic mass is 16.5. The number of hydrogen-bond acceptors (Lipinski definition) is 4. The Hall–Kier alpha value is -2.43.